The summed E-state index contributed by atoms with van der Waals surface area (Å²) in [4.78, 5) is 5.31. The number of furan rings is 1. The summed E-state index contributed by atoms with van der Waals surface area (Å²) in [5.74, 6) is 2.90. The van der Waals surface area contributed by atoms with E-state index in [2.05, 4.69) is 26.1 Å². The van der Waals surface area contributed by atoms with Gasteiger partial charge >= 0.3 is 0 Å². The molecule has 3 heterocycles. The highest BCUT2D eigenvalue weighted by Crippen LogP contribution is 2.27. The molecule has 24 heavy (non-hydrogen) atoms. The van der Waals surface area contributed by atoms with Crippen LogP contribution in [0.25, 0.3) is 22.4 Å². The van der Waals surface area contributed by atoms with E-state index in [1.165, 1.54) is 0 Å². The quantitative estimate of drug-likeness (QED) is 0.447. The summed E-state index contributed by atoms with van der Waals surface area (Å²) in [5, 5.41) is 5.94. The van der Waals surface area contributed by atoms with Crippen LogP contribution in [-0.2, 0) is 6.61 Å². The van der Waals surface area contributed by atoms with E-state index in [9.17, 15) is 0 Å². The lowest BCUT2D eigenvalue weighted by atomic mass is 10.3. The lowest BCUT2D eigenvalue weighted by Crippen LogP contribution is -1.93. The van der Waals surface area contributed by atoms with E-state index in [0.717, 1.165) is 15.1 Å². The normalized spacial score (nSPS) is 10.9. The van der Waals surface area contributed by atoms with Gasteiger partial charge in [0.1, 0.15) is 18.1 Å². The summed E-state index contributed by atoms with van der Waals surface area (Å²) in [7, 11) is 0. The van der Waals surface area contributed by atoms with Gasteiger partial charge in [0, 0.05) is 4.47 Å². The van der Waals surface area contributed by atoms with Gasteiger partial charge in [0.25, 0.3) is 5.89 Å². The van der Waals surface area contributed by atoms with Crippen LogP contribution in [0.3, 0.4) is 0 Å². The molecular weight excluding hydrogens is 392 g/mol. The number of thiophene rings is 1. The molecule has 5 nitrogen and oxygen atoms in total. The minimum Gasteiger partial charge on any atom is -0.486 e. The molecule has 0 unspecified atom stereocenters. The Morgan fingerprint density at radius 3 is 2.75 bits per heavy atom. The van der Waals surface area contributed by atoms with E-state index in [0.29, 0.717) is 29.8 Å². The van der Waals surface area contributed by atoms with Crippen LogP contribution in [0.2, 0.25) is 0 Å². The number of nitrogens with zero attached hydrogens (tertiary/aromatic N) is 2. The zero-order chi connectivity index (χ0) is 16.4. The Hall–Kier alpha value is -2.38. The van der Waals surface area contributed by atoms with Crippen LogP contribution in [0.1, 0.15) is 5.76 Å². The molecule has 0 aliphatic rings. The van der Waals surface area contributed by atoms with Crippen molar-refractivity contribution in [1.82, 2.24) is 10.1 Å². The van der Waals surface area contributed by atoms with E-state index in [4.69, 9.17) is 13.7 Å². The van der Waals surface area contributed by atoms with Crippen LogP contribution < -0.4 is 4.74 Å². The van der Waals surface area contributed by atoms with Crippen molar-refractivity contribution in [2.45, 2.75) is 6.61 Å². The SMILES string of the molecule is Brc1ccc(OCc2ccc(-c3nc(-c4cccs4)no3)o2)cc1. The van der Waals surface area contributed by atoms with Crippen LogP contribution in [-0.4, -0.2) is 10.1 Å². The molecule has 1 aromatic carbocycles. The maximum Gasteiger partial charge on any atom is 0.293 e. The van der Waals surface area contributed by atoms with Crippen LogP contribution in [0.4, 0.5) is 0 Å². The number of hydrogen-bond donors (Lipinski definition) is 0. The Morgan fingerprint density at radius 1 is 1.08 bits per heavy atom. The zero-order valence-corrected chi connectivity index (χ0v) is 14.7. The molecule has 120 valence electrons. The molecule has 4 rings (SSSR count). The van der Waals surface area contributed by atoms with Gasteiger partial charge in [0.15, 0.2) is 5.76 Å². The maximum atomic E-state index is 5.72. The van der Waals surface area contributed by atoms with Gasteiger partial charge < -0.3 is 13.7 Å². The van der Waals surface area contributed by atoms with Crippen molar-refractivity contribution < 1.29 is 13.7 Å². The molecule has 0 aliphatic carbocycles. The molecule has 0 radical (unpaired) electrons. The summed E-state index contributed by atoms with van der Waals surface area (Å²) in [5.41, 5.74) is 0. The molecule has 3 aromatic heterocycles. The third-order valence-electron chi connectivity index (χ3n) is 3.23. The number of halogens is 1. The average molecular weight is 403 g/mol. The number of benzene rings is 1. The van der Waals surface area contributed by atoms with Crippen molar-refractivity contribution in [3.05, 3.63) is 64.1 Å². The second kappa shape index (κ2) is 6.62. The Balaban J connectivity index is 1.45. The second-order valence-corrected chi connectivity index (χ2v) is 6.77. The Morgan fingerprint density at radius 2 is 1.96 bits per heavy atom. The molecule has 0 fully saturated rings. The van der Waals surface area contributed by atoms with Gasteiger partial charge in [0.2, 0.25) is 5.82 Å². The highest BCUT2D eigenvalue weighted by Gasteiger charge is 2.15. The number of ether oxygens (including phenoxy) is 1. The van der Waals surface area contributed by atoms with E-state index < -0.39 is 0 Å². The van der Waals surface area contributed by atoms with Crippen molar-refractivity contribution in [1.29, 1.82) is 0 Å². The zero-order valence-electron chi connectivity index (χ0n) is 12.3. The van der Waals surface area contributed by atoms with Gasteiger partial charge in [-0.3, -0.25) is 0 Å². The molecule has 0 saturated carbocycles. The van der Waals surface area contributed by atoms with Crippen LogP contribution in [0.5, 0.6) is 5.75 Å². The monoisotopic (exact) mass is 402 g/mol. The van der Waals surface area contributed by atoms with E-state index in [-0.39, 0.29) is 0 Å². The smallest absolute Gasteiger partial charge is 0.293 e. The van der Waals surface area contributed by atoms with E-state index in [1.807, 2.05) is 47.8 Å². The molecular formula is C17H11BrN2O3S. The predicted molar refractivity (Wildman–Crippen MR) is 93.8 cm³/mol. The molecule has 0 atom stereocenters. The Bertz CT molecular complexity index is 929. The number of rotatable bonds is 5. The molecule has 4 aromatic rings. The third kappa shape index (κ3) is 3.27. The van der Waals surface area contributed by atoms with Gasteiger partial charge in [-0.1, -0.05) is 27.2 Å². The summed E-state index contributed by atoms with van der Waals surface area (Å²) >= 11 is 4.95. The largest absolute Gasteiger partial charge is 0.486 e. The fourth-order valence-electron chi connectivity index (χ4n) is 2.09. The van der Waals surface area contributed by atoms with Crippen LogP contribution in [0, 0.1) is 0 Å². The van der Waals surface area contributed by atoms with Crippen molar-refractivity contribution in [2.24, 2.45) is 0 Å². The first kappa shape index (κ1) is 15.2. The molecule has 0 amide bonds. The molecule has 0 saturated heterocycles. The van der Waals surface area contributed by atoms with E-state index in [1.54, 1.807) is 17.4 Å². The average Bonchev–Trinajstić information content (AvgIpc) is 3.33. The first-order valence-electron chi connectivity index (χ1n) is 7.13. The standard InChI is InChI=1S/C17H11BrN2O3S/c18-11-3-5-12(6-4-11)21-10-13-7-8-14(22-13)17-19-16(20-23-17)15-2-1-9-24-15/h1-9H,10H2. The number of hydrogen-bond acceptors (Lipinski definition) is 6. The fraction of sp³-hybridized carbons (Fsp3) is 0.0588. The fourth-order valence-corrected chi connectivity index (χ4v) is 3.00. The lowest BCUT2D eigenvalue weighted by Gasteiger charge is -2.03. The molecule has 0 spiro atoms. The van der Waals surface area contributed by atoms with E-state index >= 15 is 0 Å². The summed E-state index contributed by atoms with van der Waals surface area (Å²) in [6, 6.07) is 15.1. The molecule has 0 bridgehead atoms. The lowest BCUT2D eigenvalue weighted by molar-refractivity contribution is 0.270. The summed E-state index contributed by atoms with van der Waals surface area (Å²) < 4.78 is 17.7. The van der Waals surface area contributed by atoms with Gasteiger partial charge in [-0.15, -0.1) is 11.3 Å². The number of aromatic nitrogens is 2. The van der Waals surface area contributed by atoms with Crippen molar-refractivity contribution in [3.8, 4) is 28.1 Å². The molecule has 0 N–H and O–H groups in total. The highest BCUT2D eigenvalue weighted by molar-refractivity contribution is 9.10. The minimum atomic E-state index is 0.327. The highest BCUT2D eigenvalue weighted by atomic mass is 79.9. The Kier molecular flexibility index (Phi) is 4.18. The second-order valence-electron chi connectivity index (χ2n) is 4.91. The maximum absolute atomic E-state index is 5.72. The molecule has 7 heteroatoms. The topological polar surface area (TPSA) is 61.3 Å². The third-order valence-corrected chi connectivity index (χ3v) is 4.63. The minimum absolute atomic E-state index is 0.327. The van der Waals surface area contributed by atoms with Crippen molar-refractivity contribution in [2.75, 3.05) is 0 Å². The first-order chi connectivity index (χ1) is 11.8. The Labute approximate surface area is 150 Å². The van der Waals surface area contributed by atoms with Crippen LogP contribution >= 0.6 is 27.3 Å². The van der Waals surface area contributed by atoms with Gasteiger partial charge in [-0.2, -0.15) is 4.98 Å². The van der Waals surface area contributed by atoms with Crippen LogP contribution in [0.15, 0.2) is 67.3 Å². The van der Waals surface area contributed by atoms with Gasteiger partial charge in [0.05, 0.1) is 4.88 Å². The van der Waals surface area contributed by atoms with Gasteiger partial charge in [-0.25, -0.2) is 0 Å². The first-order valence-corrected chi connectivity index (χ1v) is 8.80. The predicted octanol–water partition coefficient (Wildman–Crippen LogP) is 5.40. The molecule has 0 aliphatic heterocycles. The summed E-state index contributed by atoms with van der Waals surface area (Å²) in [6.45, 7) is 0.327. The van der Waals surface area contributed by atoms with Crippen molar-refractivity contribution >= 4 is 27.3 Å². The van der Waals surface area contributed by atoms with Gasteiger partial charge in [-0.05, 0) is 47.8 Å². The van der Waals surface area contributed by atoms with Crippen molar-refractivity contribution in [3.63, 3.8) is 0 Å². The summed E-state index contributed by atoms with van der Waals surface area (Å²) in [6.07, 6.45) is 0.